The molecule has 0 aliphatic carbocycles. The number of nitrogens with zero attached hydrogens (tertiary/aromatic N) is 2. The van der Waals surface area contributed by atoms with E-state index in [1.807, 2.05) is 0 Å². The zero-order chi connectivity index (χ0) is 8.55. The third-order valence-electron chi connectivity index (χ3n) is 1.83. The van der Waals surface area contributed by atoms with Gasteiger partial charge < -0.3 is 0 Å². The summed E-state index contributed by atoms with van der Waals surface area (Å²) in [5.41, 5.74) is 1.93. The van der Waals surface area contributed by atoms with Crippen LogP contribution in [0.4, 0.5) is 4.39 Å². The molecule has 0 saturated carbocycles. The van der Waals surface area contributed by atoms with E-state index in [2.05, 4.69) is 9.97 Å². The van der Waals surface area contributed by atoms with Crippen molar-refractivity contribution in [1.82, 2.24) is 9.97 Å². The maximum absolute atomic E-state index is 13.0. The fraction of sp³-hybridized carbons (Fsp3) is 0.111. The first kappa shape index (κ1) is 7.16. The van der Waals surface area contributed by atoms with Crippen LogP contribution in [0.3, 0.4) is 0 Å². The Kier molecular flexibility index (Phi) is 1.50. The van der Waals surface area contributed by atoms with E-state index in [4.69, 9.17) is 0 Å². The van der Waals surface area contributed by atoms with Crippen LogP contribution >= 0.6 is 0 Å². The van der Waals surface area contributed by atoms with Crippen molar-refractivity contribution in [3.8, 4) is 0 Å². The molecule has 0 fully saturated rings. The highest BCUT2D eigenvalue weighted by Crippen LogP contribution is 2.15. The van der Waals surface area contributed by atoms with E-state index in [0.717, 1.165) is 5.52 Å². The van der Waals surface area contributed by atoms with Gasteiger partial charge in [0.15, 0.2) is 0 Å². The molecule has 2 nitrogen and oxygen atoms in total. The molecular weight excluding hydrogens is 155 g/mol. The smallest absolute Gasteiger partial charge is 0.128 e. The quantitative estimate of drug-likeness (QED) is 0.592. The van der Waals surface area contributed by atoms with E-state index in [1.165, 1.54) is 6.07 Å². The van der Waals surface area contributed by atoms with E-state index in [9.17, 15) is 4.39 Å². The molecule has 0 aliphatic heterocycles. The number of rotatable bonds is 0. The summed E-state index contributed by atoms with van der Waals surface area (Å²) in [5, 5.41) is 0. The van der Waals surface area contributed by atoms with Crippen molar-refractivity contribution in [1.29, 1.82) is 0 Å². The average molecular weight is 162 g/mol. The van der Waals surface area contributed by atoms with Gasteiger partial charge in [-0.15, -0.1) is 0 Å². The molecule has 12 heavy (non-hydrogen) atoms. The molecule has 0 radical (unpaired) electrons. The van der Waals surface area contributed by atoms with Gasteiger partial charge in [-0.2, -0.15) is 0 Å². The Bertz CT molecular complexity index is 426. The molecule has 0 N–H and O–H groups in total. The molecule has 2 aromatic rings. The van der Waals surface area contributed by atoms with Crippen LogP contribution < -0.4 is 0 Å². The van der Waals surface area contributed by atoms with Gasteiger partial charge in [-0.1, -0.05) is 0 Å². The van der Waals surface area contributed by atoms with Crippen molar-refractivity contribution in [3.05, 3.63) is 35.9 Å². The molecule has 0 bridgehead atoms. The lowest BCUT2D eigenvalue weighted by atomic mass is 10.2. The molecule has 0 atom stereocenters. The molecule has 0 amide bonds. The topological polar surface area (TPSA) is 25.8 Å². The summed E-state index contributed by atoms with van der Waals surface area (Å²) in [4.78, 5) is 8.09. The number of hydrogen-bond donors (Lipinski definition) is 0. The van der Waals surface area contributed by atoms with Gasteiger partial charge in [0.1, 0.15) is 5.82 Å². The number of fused-ring (bicyclic) bond motifs is 1. The predicted molar refractivity (Wildman–Crippen MR) is 44.2 cm³/mol. The maximum atomic E-state index is 13.0. The van der Waals surface area contributed by atoms with Gasteiger partial charge in [-0.3, -0.25) is 9.97 Å². The van der Waals surface area contributed by atoms with Crippen LogP contribution in [0.2, 0.25) is 0 Å². The second kappa shape index (κ2) is 2.52. The first-order valence-corrected chi connectivity index (χ1v) is 3.65. The lowest BCUT2D eigenvalue weighted by molar-refractivity contribution is 0.620. The number of benzene rings is 1. The van der Waals surface area contributed by atoms with Crippen molar-refractivity contribution in [2.45, 2.75) is 6.92 Å². The third kappa shape index (κ3) is 0.942. The van der Waals surface area contributed by atoms with E-state index in [-0.39, 0.29) is 5.82 Å². The number of halogens is 1. The molecule has 60 valence electrons. The largest absolute Gasteiger partial charge is 0.253 e. The molecule has 1 aromatic heterocycles. The first-order valence-electron chi connectivity index (χ1n) is 3.65. The zero-order valence-corrected chi connectivity index (χ0v) is 6.58. The Morgan fingerprint density at radius 2 is 1.92 bits per heavy atom. The van der Waals surface area contributed by atoms with Gasteiger partial charge in [0, 0.05) is 18.0 Å². The van der Waals surface area contributed by atoms with E-state index in [0.29, 0.717) is 11.1 Å². The molecular formula is C9H7FN2. The lowest BCUT2D eigenvalue weighted by Crippen LogP contribution is -1.88. The Morgan fingerprint density at radius 1 is 1.17 bits per heavy atom. The van der Waals surface area contributed by atoms with Crippen LogP contribution in [0.5, 0.6) is 0 Å². The molecule has 2 rings (SSSR count). The van der Waals surface area contributed by atoms with Crippen LogP contribution in [0.15, 0.2) is 24.5 Å². The third-order valence-corrected chi connectivity index (χ3v) is 1.83. The summed E-state index contributed by atoms with van der Waals surface area (Å²) in [7, 11) is 0. The fourth-order valence-corrected chi connectivity index (χ4v) is 1.15. The second-order valence-corrected chi connectivity index (χ2v) is 2.60. The standard InChI is InChI=1S/C9H7FN2/c1-6-7(10)2-3-8-9(6)12-5-4-11-8/h2-5H,1H3. The number of aryl methyl sites for hydroxylation is 1. The van der Waals surface area contributed by atoms with Crippen LogP contribution in [-0.4, -0.2) is 9.97 Å². The Hall–Kier alpha value is -1.51. The first-order chi connectivity index (χ1) is 5.79. The minimum Gasteiger partial charge on any atom is -0.253 e. The van der Waals surface area contributed by atoms with Crippen molar-refractivity contribution in [2.75, 3.05) is 0 Å². The van der Waals surface area contributed by atoms with Crippen LogP contribution in [-0.2, 0) is 0 Å². The summed E-state index contributed by atoms with van der Waals surface area (Å²) < 4.78 is 13.0. The molecule has 0 saturated heterocycles. The predicted octanol–water partition coefficient (Wildman–Crippen LogP) is 2.08. The normalized spacial score (nSPS) is 10.5. The van der Waals surface area contributed by atoms with Crippen molar-refractivity contribution >= 4 is 11.0 Å². The van der Waals surface area contributed by atoms with Gasteiger partial charge in [-0.25, -0.2) is 4.39 Å². The monoisotopic (exact) mass is 162 g/mol. The molecule has 0 aliphatic rings. The van der Waals surface area contributed by atoms with Gasteiger partial charge in [0.25, 0.3) is 0 Å². The van der Waals surface area contributed by atoms with E-state index in [1.54, 1.807) is 25.4 Å². The van der Waals surface area contributed by atoms with E-state index >= 15 is 0 Å². The zero-order valence-electron chi connectivity index (χ0n) is 6.58. The molecule has 0 unspecified atom stereocenters. The maximum Gasteiger partial charge on any atom is 0.128 e. The van der Waals surface area contributed by atoms with Crippen LogP contribution in [0, 0.1) is 12.7 Å². The van der Waals surface area contributed by atoms with E-state index < -0.39 is 0 Å². The minimum atomic E-state index is -0.233. The summed E-state index contributed by atoms with van der Waals surface area (Å²) >= 11 is 0. The highest BCUT2D eigenvalue weighted by Gasteiger charge is 2.02. The Balaban J connectivity index is 2.91. The molecule has 1 aromatic carbocycles. The van der Waals surface area contributed by atoms with Gasteiger partial charge in [-0.05, 0) is 19.1 Å². The van der Waals surface area contributed by atoms with Gasteiger partial charge in [0.2, 0.25) is 0 Å². The Labute approximate surface area is 69.1 Å². The second-order valence-electron chi connectivity index (χ2n) is 2.60. The highest BCUT2D eigenvalue weighted by molar-refractivity contribution is 5.77. The highest BCUT2D eigenvalue weighted by atomic mass is 19.1. The Morgan fingerprint density at radius 3 is 2.75 bits per heavy atom. The molecule has 3 heteroatoms. The number of aromatic nitrogens is 2. The summed E-state index contributed by atoms with van der Waals surface area (Å²) in [5.74, 6) is -0.233. The van der Waals surface area contributed by atoms with Gasteiger partial charge >= 0.3 is 0 Å². The average Bonchev–Trinajstić information content (AvgIpc) is 2.12. The number of hydrogen-bond acceptors (Lipinski definition) is 2. The van der Waals surface area contributed by atoms with Crippen molar-refractivity contribution in [2.24, 2.45) is 0 Å². The van der Waals surface area contributed by atoms with Crippen LogP contribution in [0.1, 0.15) is 5.56 Å². The summed E-state index contributed by atoms with van der Waals surface area (Å²) in [6, 6.07) is 3.04. The SMILES string of the molecule is Cc1c(F)ccc2nccnc12. The fourth-order valence-electron chi connectivity index (χ4n) is 1.15. The lowest BCUT2D eigenvalue weighted by Gasteiger charge is -1.99. The van der Waals surface area contributed by atoms with Crippen LogP contribution in [0.25, 0.3) is 11.0 Å². The summed E-state index contributed by atoms with van der Waals surface area (Å²) in [6.45, 7) is 1.70. The molecule has 0 spiro atoms. The van der Waals surface area contributed by atoms with Crippen molar-refractivity contribution < 1.29 is 4.39 Å². The molecule has 1 heterocycles. The minimum absolute atomic E-state index is 0.233. The summed E-state index contributed by atoms with van der Waals surface area (Å²) in [6.07, 6.45) is 3.16. The van der Waals surface area contributed by atoms with Gasteiger partial charge in [0.05, 0.1) is 11.0 Å². The van der Waals surface area contributed by atoms with Crippen molar-refractivity contribution in [3.63, 3.8) is 0 Å².